The molecule has 2 aromatic rings. The summed E-state index contributed by atoms with van der Waals surface area (Å²) in [4.78, 5) is 13.2. The second kappa shape index (κ2) is 20.2. The standard InChI is InChI=1S/C17H32BrN5O3SSi.C10H19N.C8H15Br2N3OSi/c1-21-9-5-6-17(21)7-10-22(11-8-17)27(24,25)16-19-15(18)20-23(16)14-26-12-13-28(2,3)4;1-11-9-5-8-10(11)6-3-2-4-7-10;1-15(2,3)5-4-14-6-13-8(10)11-7(9)12-13/h5-14H2,1-4H3;2-9H2,1H3;4-6H2,1-3H3. The Bertz CT molecular complexity index is 1570. The number of ether oxygens (including phenoxy) is 2. The van der Waals surface area contributed by atoms with Crippen molar-refractivity contribution in [1.82, 2.24) is 43.6 Å². The van der Waals surface area contributed by atoms with E-state index in [4.69, 9.17) is 9.47 Å². The van der Waals surface area contributed by atoms with Crippen molar-refractivity contribution in [2.24, 2.45) is 0 Å². The fourth-order valence-electron chi connectivity index (χ4n) is 7.89. The number of hydrogen-bond acceptors (Lipinski definition) is 10. The summed E-state index contributed by atoms with van der Waals surface area (Å²) in [6.07, 6.45) is 14.4. The molecule has 1 aliphatic carbocycles. The molecule has 4 aliphatic rings. The van der Waals surface area contributed by atoms with Crippen LogP contribution in [0.4, 0.5) is 0 Å². The number of likely N-dealkylation sites (tertiary alicyclic amines) is 2. The molecule has 13 nitrogen and oxygen atoms in total. The Labute approximate surface area is 352 Å². The monoisotopic (exact) mass is 1000 g/mol. The quantitative estimate of drug-likeness (QED) is 0.152. The molecule has 5 heterocycles. The van der Waals surface area contributed by atoms with Crippen LogP contribution in [-0.4, -0.2) is 133 Å². The molecule has 0 radical (unpaired) electrons. The van der Waals surface area contributed by atoms with Gasteiger partial charge in [-0.1, -0.05) is 58.5 Å². The van der Waals surface area contributed by atoms with Gasteiger partial charge in [-0.05, 0) is 138 Å². The minimum atomic E-state index is -3.70. The van der Waals surface area contributed by atoms with Crippen molar-refractivity contribution in [3.05, 3.63) is 14.2 Å². The topological polar surface area (TPSA) is 124 Å². The lowest BCUT2D eigenvalue weighted by Gasteiger charge is -2.42. The third-order valence-corrected chi connectivity index (χ3v) is 18.0. The van der Waals surface area contributed by atoms with Gasteiger partial charge in [0.1, 0.15) is 13.5 Å². The molecular formula is C35H66Br3N9O4SSi2. The van der Waals surface area contributed by atoms with Gasteiger partial charge in [0.2, 0.25) is 9.47 Å². The SMILES string of the molecule is CN1CCCC12CCCCC2.CN1CCCC12CCN(S(=O)(=O)c1nc(Br)nn1COCC[Si](C)(C)C)CC2.C[Si](C)(C)CCOCn1nc(Br)nc1Br. The van der Waals surface area contributed by atoms with Crippen LogP contribution in [0, 0.1) is 0 Å². The van der Waals surface area contributed by atoms with Crippen molar-refractivity contribution in [1.29, 1.82) is 0 Å². The van der Waals surface area contributed by atoms with E-state index < -0.39 is 26.2 Å². The first-order valence-corrected chi connectivity index (χ1v) is 30.9. The Morgan fingerprint density at radius 2 is 1.07 bits per heavy atom. The Balaban J connectivity index is 0.000000207. The maximum Gasteiger partial charge on any atom is 0.278 e. The molecule has 0 atom stereocenters. The lowest BCUT2D eigenvalue weighted by Crippen LogP contribution is -2.52. The molecule has 310 valence electrons. The average molecular weight is 1000 g/mol. The van der Waals surface area contributed by atoms with Gasteiger partial charge in [0.05, 0.1) is 0 Å². The third kappa shape index (κ3) is 13.5. The normalized spacial score (nSPS) is 20.9. The highest BCUT2D eigenvalue weighted by Crippen LogP contribution is 2.40. The zero-order chi connectivity index (χ0) is 39.8. The highest BCUT2D eigenvalue weighted by Gasteiger charge is 2.44. The van der Waals surface area contributed by atoms with Gasteiger partial charge in [0.15, 0.2) is 4.73 Å². The van der Waals surface area contributed by atoms with Crippen LogP contribution in [0.15, 0.2) is 19.4 Å². The van der Waals surface area contributed by atoms with Crippen molar-refractivity contribution in [3.8, 4) is 0 Å². The predicted molar refractivity (Wildman–Crippen MR) is 232 cm³/mol. The Hall–Kier alpha value is -0.0962. The van der Waals surface area contributed by atoms with Crippen molar-refractivity contribution >= 4 is 74.0 Å². The van der Waals surface area contributed by atoms with Crippen LogP contribution in [0.1, 0.15) is 70.6 Å². The summed E-state index contributed by atoms with van der Waals surface area (Å²) in [5.41, 5.74) is 0.832. The number of aromatic nitrogens is 6. The van der Waals surface area contributed by atoms with Gasteiger partial charge < -0.3 is 19.3 Å². The summed E-state index contributed by atoms with van der Waals surface area (Å²) in [7, 11) is -1.42. The van der Waals surface area contributed by atoms with Crippen molar-refractivity contribution in [2.75, 3.05) is 53.5 Å². The van der Waals surface area contributed by atoms with Gasteiger partial charge in [0.25, 0.3) is 15.2 Å². The molecule has 0 amide bonds. The molecule has 19 heteroatoms. The van der Waals surface area contributed by atoms with Crippen LogP contribution >= 0.6 is 47.8 Å². The van der Waals surface area contributed by atoms with E-state index in [0.717, 1.165) is 38.5 Å². The molecule has 0 N–H and O–H groups in total. The molecule has 54 heavy (non-hydrogen) atoms. The first-order valence-electron chi connectivity index (χ1n) is 19.7. The zero-order valence-corrected chi connectivity index (χ0v) is 41.6. The highest BCUT2D eigenvalue weighted by atomic mass is 79.9. The van der Waals surface area contributed by atoms with Gasteiger partial charge in [-0.25, -0.2) is 17.8 Å². The van der Waals surface area contributed by atoms with E-state index >= 15 is 0 Å². The molecule has 0 unspecified atom stereocenters. The zero-order valence-electron chi connectivity index (χ0n) is 34.0. The molecule has 0 aromatic carbocycles. The third-order valence-electron chi connectivity index (χ3n) is 11.5. The van der Waals surface area contributed by atoms with Crippen molar-refractivity contribution < 1.29 is 17.9 Å². The van der Waals surface area contributed by atoms with E-state index in [0.29, 0.717) is 41.4 Å². The summed E-state index contributed by atoms with van der Waals surface area (Å²) in [5, 5.41) is 8.25. The number of halogens is 3. The largest absolute Gasteiger partial charge is 0.359 e. The lowest BCUT2D eigenvalue weighted by atomic mass is 9.80. The fraction of sp³-hybridized carbons (Fsp3) is 0.886. The maximum absolute atomic E-state index is 13.2. The van der Waals surface area contributed by atoms with Gasteiger partial charge in [-0.2, -0.15) is 14.3 Å². The van der Waals surface area contributed by atoms with E-state index in [9.17, 15) is 8.42 Å². The van der Waals surface area contributed by atoms with Crippen molar-refractivity contribution in [3.63, 3.8) is 0 Å². The highest BCUT2D eigenvalue weighted by molar-refractivity contribution is 9.11. The van der Waals surface area contributed by atoms with E-state index in [2.05, 4.69) is 131 Å². The summed E-state index contributed by atoms with van der Waals surface area (Å²) in [6, 6.07) is 2.19. The van der Waals surface area contributed by atoms with Crippen LogP contribution in [0.3, 0.4) is 0 Å². The van der Waals surface area contributed by atoms with Gasteiger partial charge in [0, 0.05) is 53.5 Å². The van der Waals surface area contributed by atoms with Gasteiger partial charge in [-0.15, -0.1) is 10.2 Å². The number of rotatable bonds is 12. The number of sulfonamides is 1. The minimum Gasteiger partial charge on any atom is -0.359 e. The van der Waals surface area contributed by atoms with E-state index in [1.54, 1.807) is 8.99 Å². The molecule has 4 fully saturated rings. The second-order valence-electron chi connectivity index (χ2n) is 18.0. The van der Waals surface area contributed by atoms with Crippen LogP contribution in [0.25, 0.3) is 0 Å². The molecule has 2 aromatic heterocycles. The van der Waals surface area contributed by atoms with Crippen LogP contribution in [-0.2, 0) is 33.0 Å². The molecule has 6 rings (SSSR count). The smallest absolute Gasteiger partial charge is 0.278 e. The van der Waals surface area contributed by atoms with E-state index in [1.807, 2.05) is 0 Å². The summed E-state index contributed by atoms with van der Waals surface area (Å²) in [6.45, 7) is 19.3. The number of nitrogens with zero attached hydrogens (tertiary/aromatic N) is 9. The molecule has 0 bridgehead atoms. The summed E-state index contributed by atoms with van der Waals surface area (Å²) >= 11 is 9.71. The molecular weight excluding hydrogens is 938 g/mol. The molecule has 2 spiro atoms. The first kappa shape index (κ1) is 46.6. The first-order chi connectivity index (χ1) is 25.3. The minimum absolute atomic E-state index is 0.0388. The molecule has 1 saturated carbocycles. The van der Waals surface area contributed by atoms with E-state index in [1.165, 1.54) is 68.6 Å². The Morgan fingerprint density at radius 1 is 0.630 bits per heavy atom. The van der Waals surface area contributed by atoms with Gasteiger partial charge >= 0.3 is 0 Å². The van der Waals surface area contributed by atoms with Crippen molar-refractivity contribution in [2.45, 2.75) is 152 Å². The second-order valence-corrected chi connectivity index (χ2v) is 33.2. The maximum atomic E-state index is 13.2. The molecule has 3 aliphatic heterocycles. The summed E-state index contributed by atoms with van der Waals surface area (Å²) in [5.74, 6) is 0. The van der Waals surface area contributed by atoms with Crippen LogP contribution in [0.5, 0.6) is 0 Å². The molecule has 3 saturated heterocycles. The Morgan fingerprint density at radius 3 is 1.52 bits per heavy atom. The predicted octanol–water partition coefficient (Wildman–Crippen LogP) is 8.13. The van der Waals surface area contributed by atoms with E-state index in [-0.39, 0.29) is 22.2 Å². The fourth-order valence-corrected chi connectivity index (χ4v) is 12.3. The Kier molecular flexibility index (Phi) is 17.5. The number of piperidine rings is 1. The summed E-state index contributed by atoms with van der Waals surface area (Å²) < 4.78 is 43.8. The average Bonchev–Trinajstić information content (AvgIpc) is 3.84. The van der Waals surface area contributed by atoms with Crippen LogP contribution < -0.4 is 0 Å². The van der Waals surface area contributed by atoms with Crippen LogP contribution in [0.2, 0.25) is 51.4 Å². The number of hydrogen-bond donors (Lipinski definition) is 0. The lowest BCUT2D eigenvalue weighted by molar-refractivity contribution is 0.0702. The van der Waals surface area contributed by atoms with Gasteiger partial charge in [-0.3, -0.25) is 0 Å².